The molecule has 1 rings (SSSR count). The van der Waals surface area contributed by atoms with Gasteiger partial charge in [0.05, 0.1) is 12.5 Å². The van der Waals surface area contributed by atoms with Gasteiger partial charge in [0.2, 0.25) is 0 Å². The van der Waals surface area contributed by atoms with Gasteiger partial charge < -0.3 is 4.98 Å². The molecule has 0 bridgehead atoms. The predicted octanol–water partition coefficient (Wildman–Crippen LogP) is 1.71. The molecule has 0 amide bonds. The highest BCUT2D eigenvalue weighted by Gasteiger charge is 2.26. The smallest absolute Gasteiger partial charge is 0.260 e. The summed E-state index contributed by atoms with van der Waals surface area (Å²) < 4.78 is 26.2. The molecule has 0 radical (unpaired) electrons. The van der Waals surface area contributed by atoms with Crippen molar-refractivity contribution in [2.45, 2.75) is 32.7 Å². The molecule has 17 heavy (non-hydrogen) atoms. The van der Waals surface area contributed by atoms with Crippen LogP contribution in [0.3, 0.4) is 0 Å². The second-order valence-corrected chi connectivity index (χ2v) is 6.93. The summed E-state index contributed by atoms with van der Waals surface area (Å²) in [6, 6.07) is 0. The Morgan fingerprint density at radius 3 is 2.12 bits per heavy atom. The van der Waals surface area contributed by atoms with Crippen LogP contribution in [0.1, 0.15) is 27.7 Å². The molecular weight excluding hydrogens is 238 g/mol. The minimum absolute atomic E-state index is 0.166. The first-order valence-corrected chi connectivity index (χ1v) is 7.26. The van der Waals surface area contributed by atoms with Crippen LogP contribution in [0.4, 0.5) is 0 Å². The van der Waals surface area contributed by atoms with Crippen molar-refractivity contribution in [3.63, 3.8) is 0 Å². The largest absolute Gasteiger partial charge is 0.335 e. The minimum atomic E-state index is -3.43. The Morgan fingerprint density at radius 1 is 1.24 bits per heavy atom. The van der Waals surface area contributed by atoms with Crippen molar-refractivity contribution in [1.82, 2.24) is 14.3 Å². The maximum Gasteiger partial charge on any atom is 0.260 e. The first-order valence-electron chi connectivity index (χ1n) is 5.82. The second-order valence-electron chi connectivity index (χ2n) is 5.03. The summed E-state index contributed by atoms with van der Waals surface area (Å²) in [4.78, 5) is 6.43. The van der Waals surface area contributed by atoms with Crippen LogP contribution in [-0.2, 0) is 10.0 Å². The van der Waals surface area contributed by atoms with Gasteiger partial charge >= 0.3 is 0 Å². The van der Waals surface area contributed by atoms with Crippen molar-refractivity contribution in [1.29, 1.82) is 0 Å². The third-order valence-electron chi connectivity index (χ3n) is 2.23. The fourth-order valence-electron chi connectivity index (χ4n) is 1.61. The number of sulfonamides is 1. The Bertz CT molecular complexity index is 414. The zero-order valence-electron chi connectivity index (χ0n) is 10.8. The second kappa shape index (κ2) is 5.64. The third kappa shape index (κ3) is 3.81. The van der Waals surface area contributed by atoms with Crippen LogP contribution < -0.4 is 0 Å². The lowest BCUT2D eigenvalue weighted by molar-refractivity contribution is 0.332. The van der Waals surface area contributed by atoms with Gasteiger partial charge in [0.25, 0.3) is 10.0 Å². The number of aromatic amines is 1. The molecule has 0 unspecified atom stereocenters. The van der Waals surface area contributed by atoms with Crippen molar-refractivity contribution < 1.29 is 8.42 Å². The molecule has 1 heterocycles. The van der Waals surface area contributed by atoms with Crippen LogP contribution in [0.15, 0.2) is 17.6 Å². The highest BCUT2D eigenvalue weighted by atomic mass is 32.2. The van der Waals surface area contributed by atoms with Gasteiger partial charge in [-0.3, -0.25) is 0 Å². The quantitative estimate of drug-likeness (QED) is 0.845. The third-order valence-corrected chi connectivity index (χ3v) is 3.99. The molecule has 6 heteroatoms. The molecule has 0 spiro atoms. The average Bonchev–Trinajstić information content (AvgIpc) is 2.68. The van der Waals surface area contributed by atoms with Crippen molar-refractivity contribution in [2.75, 3.05) is 13.1 Å². The molecule has 0 aliphatic heterocycles. The molecule has 0 saturated heterocycles. The van der Waals surface area contributed by atoms with E-state index in [2.05, 4.69) is 9.97 Å². The molecule has 5 nitrogen and oxygen atoms in total. The Balaban J connectivity index is 2.96. The number of hydrogen-bond donors (Lipinski definition) is 1. The standard InChI is InChI=1S/C11H21N3O2S/c1-9(2)6-14(7-10(3)4)17(15,16)11-5-12-8-13-11/h5,8-10H,6-7H2,1-4H3,(H,12,13). The summed E-state index contributed by atoms with van der Waals surface area (Å²) in [6.07, 6.45) is 2.73. The molecule has 0 fully saturated rings. The number of nitrogens with one attached hydrogen (secondary N) is 1. The zero-order valence-corrected chi connectivity index (χ0v) is 11.7. The van der Waals surface area contributed by atoms with Gasteiger partial charge in [-0.2, -0.15) is 4.31 Å². The lowest BCUT2D eigenvalue weighted by atomic mass is 10.2. The topological polar surface area (TPSA) is 66.1 Å². The highest BCUT2D eigenvalue weighted by molar-refractivity contribution is 7.89. The molecule has 1 N–H and O–H groups in total. The van der Waals surface area contributed by atoms with Gasteiger partial charge in [-0.05, 0) is 11.8 Å². The Morgan fingerprint density at radius 2 is 1.76 bits per heavy atom. The monoisotopic (exact) mass is 259 g/mol. The average molecular weight is 259 g/mol. The fraction of sp³-hybridized carbons (Fsp3) is 0.727. The van der Waals surface area contributed by atoms with E-state index >= 15 is 0 Å². The highest BCUT2D eigenvalue weighted by Crippen LogP contribution is 2.16. The van der Waals surface area contributed by atoms with E-state index in [9.17, 15) is 8.42 Å². The summed E-state index contributed by atoms with van der Waals surface area (Å²) in [5, 5.41) is 0.166. The number of aromatic nitrogens is 2. The predicted molar refractivity (Wildman–Crippen MR) is 67.0 cm³/mol. The number of imidazole rings is 1. The van der Waals surface area contributed by atoms with E-state index in [1.807, 2.05) is 27.7 Å². The van der Waals surface area contributed by atoms with Gasteiger partial charge in [-0.25, -0.2) is 13.4 Å². The Hall–Kier alpha value is -0.880. The molecule has 0 aromatic carbocycles. The number of H-pyrrole nitrogens is 1. The minimum Gasteiger partial charge on any atom is -0.335 e. The summed E-state index contributed by atoms with van der Waals surface area (Å²) in [5.41, 5.74) is 0. The SMILES string of the molecule is CC(C)CN(CC(C)C)S(=O)(=O)c1cnc[nH]1. The van der Waals surface area contributed by atoms with Crippen LogP contribution in [-0.4, -0.2) is 35.8 Å². The zero-order chi connectivity index (χ0) is 13.1. The molecule has 0 saturated carbocycles. The van der Waals surface area contributed by atoms with Gasteiger partial charge in [0.15, 0.2) is 5.03 Å². The van der Waals surface area contributed by atoms with Gasteiger partial charge in [-0.15, -0.1) is 0 Å². The first kappa shape index (κ1) is 14.2. The van der Waals surface area contributed by atoms with Crippen molar-refractivity contribution >= 4 is 10.0 Å². The summed E-state index contributed by atoms with van der Waals surface area (Å²) in [6.45, 7) is 9.09. The lowest BCUT2D eigenvalue weighted by Crippen LogP contribution is -2.37. The summed E-state index contributed by atoms with van der Waals surface area (Å²) in [5.74, 6) is 0.595. The van der Waals surface area contributed by atoms with E-state index in [0.717, 1.165) is 0 Å². The normalized spacial score (nSPS) is 12.9. The maximum absolute atomic E-state index is 12.3. The first-order chi connectivity index (χ1) is 7.84. The van der Waals surface area contributed by atoms with E-state index in [0.29, 0.717) is 24.9 Å². The molecule has 0 aliphatic carbocycles. The summed E-state index contributed by atoms with van der Waals surface area (Å²) in [7, 11) is -3.43. The van der Waals surface area contributed by atoms with Gasteiger partial charge in [-0.1, -0.05) is 27.7 Å². The maximum atomic E-state index is 12.3. The van der Waals surface area contributed by atoms with E-state index < -0.39 is 10.0 Å². The number of hydrogen-bond acceptors (Lipinski definition) is 3. The molecule has 98 valence electrons. The molecule has 1 aromatic heterocycles. The van der Waals surface area contributed by atoms with Crippen molar-refractivity contribution in [3.8, 4) is 0 Å². The molecule has 0 aliphatic rings. The molecule has 1 aromatic rings. The van der Waals surface area contributed by atoms with Crippen LogP contribution in [0.2, 0.25) is 0 Å². The number of rotatable bonds is 6. The Labute approximate surface area is 103 Å². The lowest BCUT2D eigenvalue weighted by Gasteiger charge is -2.24. The van der Waals surface area contributed by atoms with Crippen LogP contribution in [0.25, 0.3) is 0 Å². The van der Waals surface area contributed by atoms with Crippen LogP contribution >= 0.6 is 0 Å². The van der Waals surface area contributed by atoms with E-state index in [1.54, 1.807) is 0 Å². The van der Waals surface area contributed by atoms with Crippen LogP contribution in [0.5, 0.6) is 0 Å². The van der Waals surface area contributed by atoms with Crippen LogP contribution in [0, 0.1) is 11.8 Å². The Kier molecular flexibility index (Phi) is 4.70. The molecular formula is C11H21N3O2S. The van der Waals surface area contributed by atoms with Gasteiger partial charge in [0, 0.05) is 13.1 Å². The van der Waals surface area contributed by atoms with E-state index in [-0.39, 0.29) is 5.03 Å². The fourth-order valence-corrected chi connectivity index (χ4v) is 3.27. The summed E-state index contributed by atoms with van der Waals surface area (Å²) >= 11 is 0. The van der Waals surface area contributed by atoms with E-state index in [1.165, 1.54) is 16.8 Å². The van der Waals surface area contributed by atoms with Crippen molar-refractivity contribution in [2.24, 2.45) is 11.8 Å². The van der Waals surface area contributed by atoms with E-state index in [4.69, 9.17) is 0 Å². The van der Waals surface area contributed by atoms with Gasteiger partial charge in [0.1, 0.15) is 0 Å². The van der Waals surface area contributed by atoms with Crippen molar-refractivity contribution in [3.05, 3.63) is 12.5 Å². The molecule has 0 atom stereocenters. The number of nitrogens with zero attached hydrogens (tertiary/aromatic N) is 2.